The van der Waals surface area contributed by atoms with Crippen LogP contribution in [0.2, 0.25) is 0 Å². The Morgan fingerprint density at radius 3 is 3.00 bits per heavy atom. The molecule has 14 heavy (non-hydrogen) atoms. The topological polar surface area (TPSA) is 21.3 Å². The van der Waals surface area contributed by atoms with Gasteiger partial charge in [-0.05, 0) is 31.0 Å². The van der Waals surface area contributed by atoms with Gasteiger partial charge in [0, 0.05) is 11.4 Å². The molecule has 0 atom stereocenters. The fourth-order valence-electron chi connectivity index (χ4n) is 1.49. The van der Waals surface area contributed by atoms with Crippen molar-refractivity contribution in [2.45, 2.75) is 25.8 Å². The SMILES string of the molecule is COc1ccc(CNCCC2CC2)s1. The van der Waals surface area contributed by atoms with Crippen molar-refractivity contribution < 1.29 is 4.74 Å². The van der Waals surface area contributed by atoms with E-state index in [1.807, 2.05) is 6.07 Å². The van der Waals surface area contributed by atoms with E-state index >= 15 is 0 Å². The normalized spacial score (nSPS) is 15.8. The Labute approximate surface area is 89.3 Å². The third-order valence-corrected chi connectivity index (χ3v) is 3.61. The van der Waals surface area contributed by atoms with Gasteiger partial charge in [-0.15, -0.1) is 11.3 Å². The molecule has 2 rings (SSSR count). The summed E-state index contributed by atoms with van der Waals surface area (Å²) in [6.07, 6.45) is 4.26. The van der Waals surface area contributed by atoms with Crippen molar-refractivity contribution in [2.75, 3.05) is 13.7 Å². The van der Waals surface area contributed by atoms with Gasteiger partial charge in [-0.25, -0.2) is 0 Å². The summed E-state index contributed by atoms with van der Waals surface area (Å²) in [5.74, 6) is 1.03. The number of rotatable bonds is 6. The van der Waals surface area contributed by atoms with Crippen LogP contribution in [0, 0.1) is 5.92 Å². The predicted octanol–water partition coefficient (Wildman–Crippen LogP) is 2.65. The van der Waals surface area contributed by atoms with Gasteiger partial charge in [0.05, 0.1) is 7.11 Å². The summed E-state index contributed by atoms with van der Waals surface area (Å²) in [6.45, 7) is 2.14. The quantitative estimate of drug-likeness (QED) is 0.730. The molecule has 2 nitrogen and oxygen atoms in total. The molecule has 1 heterocycles. The molecule has 0 spiro atoms. The Balaban J connectivity index is 1.63. The van der Waals surface area contributed by atoms with Gasteiger partial charge in [0.15, 0.2) is 5.06 Å². The van der Waals surface area contributed by atoms with Gasteiger partial charge < -0.3 is 10.1 Å². The number of nitrogens with one attached hydrogen (secondary N) is 1. The summed E-state index contributed by atoms with van der Waals surface area (Å²) < 4.78 is 5.14. The van der Waals surface area contributed by atoms with Gasteiger partial charge in [0.25, 0.3) is 0 Å². The van der Waals surface area contributed by atoms with E-state index in [0.717, 1.165) is 24.1 Å². The first kappa shape index (κ1) is 9.99. The second kappa shape index (κ2) is 4.80. The number of methoxy groups -OCH3 is 1. The first-order valence-corrected chi connectivity index (χ1v) is 6.03. The van der Waals surface area contributed by atoms with E-state index in [-0.39, 0.29) is 0 Å². The van der Waals surface area contributed by atoms with Crippen molar-refractivity contribution in [3.8, 4) is 5.06 Å². The predicted molar refractivity (Wildman–Crippen MR) is 59.9 cm³/mol. The molecule has 1 fully saturated rings. The number of hydrogen-bond acceptors (Lipinski definition) is 3. The monoisotopic (exact) mass is 211 g/mol. The van der Waals surface area contributed by atoms with Gasteiger partial charge in [0.1, 0.15) is 0 Å². The lowest BCUT2D eigenvalue weighted by Crippen LogP contribution is -2.14. The smallest absolute Gasteiger partial charge is 0.173 e. The highest BCUT2D eigenvalue weighted by Gasteiger charge is 2.19. The molecule has 1 aromatic rings. The van der Waals surface area contributed by atoms with Crippen LogP contribution in [0.25, 0.3) is 0 Å². The Kier molecular flexibility index (Phi) is 3.43. The molecule has 0 aliphatic heterocycles. The minimum atomic E-state index is 0.987. The van der Waals surface area contributed by atoms with E-state index in [9.17, 15) is 0 Å². The first-order valence-electron chi connectivity index (χ1n) is 5.22. The van der Waals surface area contributed by atoms with Crippen molar-refractivity contribution in [2.24, 2.45) is 5.92 Å². The molecule has 0 radical (unpaired) electrons. The zero-order valence-electron chi connectivity index (χ0n) is 8.58. The molecule has 3 heteroatoms. The summed E-state index contributed by atoms with van der Waals surface area (Å²) >= 11 is 1.72. The van der Waals surface area contributed by atoms with Crippen molar-refractivity contribution in [1.29, 1.82) is 0 Å². The highest BCUT2D eigenvalue weighted by atomic mass is 32.1. The molecule has 0 unspecified atom stereocenters. The van der Waals surface area contributed by atoms with E-state index in [0.29, 0.717) is 0 Å². The molecule has 0 amide bonds. The lowest BCUT2D eigenvalue weighted by molar-refractivity contribution is 0.427. The van der Waals surface area contributed by atoms with Crippen LogP contribution in [0.15, 0.2) is 12.1 Å². The van der Waals surface area contributed by atoms with Crippen LogP contribution in [0.1, 0.15) is 24.1 Å². The second-order valence-electron chi connectivity index (χ2n) is 3.83. The third kappa shape index (κ3) is 3.00. The zero-order chi connectivity index (χ0) is 9.80. The lowest BCUT2D eigenvalue weighted by atomic mass is 10.3. The highest BCUT2D eigenvalue weighted by Crippen LogP contribution is 2.31. The van der Waals surface area contributed by atoms with E-state index in [4.69, 9.17) is 4.74 Å². The maximum atomic E-state index is 5.14. The minimum absolute atomic E-state index is 0.987. The Morgan fingerprint density at radius 1 is 1.50 bits per heavy atom. The zero-order valence-corrected chi connectivity index (χ0v) is 9.40. The van der Waals surface area contributed by atoms with E-state index < -0.39 is 0 Å². The summed E-state index contributed by atoms with van der Waals surface area (Å²) in [6, 6.07) is 4.16. The van der Waals surface area contributed by atoms with Crippen LogP contribution < -0.4 is 10.1 Å². The molecule has 1 aliphatic rings. The number of thiophene rings is 1. The Hall–Kier alpha value is -0.540. The largest absolute Gasteiger partial charge is 0.487 e. The fraction of sp³-hybridized carbons (Fsp3) is 0.636. The average Bonchev–Trinajstić information content (AvgIpc) is 2.91. The van der Waals surface area contributed by atoms with Crippen LogP contribution >= 0.6 is 11.3 Å². The van der Waals surface area contributed by atoms with Gasteiger partial charge >= 0.3 is 0 Å². The molecule has 0 bridgehead atoms. The van der Waals surface area contributed by atoms with Gasteiger partial charge in [0.2, 0.25) is 0 Å². The van der Waals surface area contributed by atoms with Crippen LogP contribution in [0.4, 0.5) is 0 Å². The van der Waals surface area contributed by atoms with Crippen molar-refractivity contribution >= 4 is 11.3 Å². The lowest BCUT2D eigenvalue weighted by Gasteiger charge is -2.00. The molecule has 0 saturated heterocycles. The fourth-order valence-corrected chi connectivity index (χ4v) is 2.28. The molecule has 1 N–H and O–H groups in total. The Morgan fingerprint density at radius 2 is 2.36 bits per heavy atom. The first-order chi connectivity index (χ1) is 6.88. The number of ether oxygens (including phenoxy) is 1. The van der Waals surface area contributed by atoms with E-state index in [1.54, 1.807) is 18.4 Å². The minimum Gasteiger partial charge on any atom is -0.487 e. The van der Waals surface area contributed by atoms with E-state index in [1.165, 1.54) is 24.1 Å². The summed E-state index contributed by atoms with van der Waals surface area (Å²) in [7, 11) is 1.72. The van der Waals surface area contributed by atoms with Crippen LogP contribution in [-0.2, 0) is 6.54 Å². The molecule has 78 valence electrons. The maximum Gasteiger partial charge on any atom is 0.173 e. The molecular weight excluding hydrogens is 194 g/mol. The molecule has 1 aliphatic carbocycles. The number of hydrogen-bond donors (Lipinski definition) is 1. The van der Waals surface area contributed by atoms with Gasteiger partial charge in [-0.1, -0.05) is 12.8 Å². The molecular formula is C11H17NOS. The van der Waals surface area contributed by atoms with Crippen LogP contribution in [0.5, 0.6) is 5.06 Å². The van der Waals surface area contributed by atoms with Crippen molar-refractivity contribution in [1.82, 2.24) is 5.32 Å². The summed E-state index contributed by atoms with van der Waals surface area (Å²) in [4.78, 5) is 1.36. The molecule has 0 aromatic carbocycles. The summed E-state index contributed by atoms with van der Waals surface area (Å²) in [5.41, 5.74) is 0. The summed E-state index contributed by atoms with van der Waals surface area (Å²) in [5, 5.41) is 4.47. The van der Waals surface area contributed by atoms with Crippen LogP contribution in [0.3, 0.4) is 0 Å². The van der Waals surface area contributed by atoms with Gasteiger partial charge in [-0.2, -0.15) is 0 Å². The van der Waals surface area contributed by atoms with Crippen molar-refractivity contribution in [3.05, 3.63) is 17.0 Å². The molecule has 1 aromatic heterocycles. The van der Waals surface area contributed by atoms with Crippen molar-refractivity contribution in [3.63, 3.8) is 0 Å². The van der Waals surface area contributed by atoms with Gasteiger partial charge in [-0.3, -0.25) is 0 Å². The third-order valence-electron chi connectivity index (χ3n) is 2.56. The Bertz CT molecular complexity index is 281. The van der Waals surface area contributed by atoms with E-state index in [2.05, 4.69) is 11.4 Å². The average molecular weight is 211 g/mol. The maximum absolute atomic E-state index is 5.14. The van der Waals surface area contributed by atoms with Crippen LogP contribution in [-0.4, -0.2) is 13.7 Å². The highest BCUT2D eigenvalue weighted by molar-refractivity contribution is 7.13. The standard InChI is InChI=1S/C11H17NOS/c1-13-11-5-4-10(14-11)8-12-7-6-9-2-3-9/h4-5,9,12H,2-3,6-8H2,1H3. The second-order valence-corrected chi connectivity index (χ2v) is 4.96. The molecule has 1 saturated carbocycles.